The highest BCUT2D eigenvalue weighted by atomic mass is 16.4. The number of anilines is 1. The van der Waals surface area contributed by atoms with Gasteiger partial charge in [-0.05, 0) is 18.3 Å². The van der Waals surface area contributed by atoms with E-state index in [1.807, 2.05) is 0 Å². The molecule has 1 amide bonds. The zero-order valence-electron chi connectivity index (χ0n) is 11.0. The topological polar surface area (TPSA) is 92.2 Å². The fourth-order valence-corrected chi connectivity index (χ4v) is 2.60. The van der Waals surface area contributed by atoms with Crippen LogP contribution in [0.2, 0.25) is 0 Å². The molecule has 19 heavy (non-hydrogen) atoms. The highest BCUT2D eigenvalue weighted by Gasteiger charge is 2.39. The van der Waals surface area contributed by atoms with Gasteiger partial charge in [0.1, 0.15) is 0 Å². The van der Waals surface area contributed by atoms with Crippen LogP contribution in [0.5, 0.6) is 0 Å². The molecule has 0 aliphatic heterocycles. The minimum absolute atomic E-state index is 0.0164. The van der Waals surface area contributed by atoms with E-state index in [0.717, 1.165) is 19.3 Å². The quantitative estimate of drug-likeness (QED) is 0.869. The van der Waals surface area contributed by atoms with E-state index < -0.39 is 5.97 Å². The molecule has 0 spiro atoms. The Morgan fingerprint density at radius 1 is 1.37 bits per heavy atom. The molecule has 1 aliphatic rings. The van der Waals surface area contributed by atoms with E-state index >= 15 is 0 Å². The summed E-state index contributed by atoms with van der Waals surface area (Å²) < 4.78 is 0. The molecule has 2 N–H and O–H groups in total. The first kappa shape index (κ1) is 13.5. The van der Waals surface area contributed by atoms with Crippen molar-refractivity contribution in [2.45, 2.75) is 33.1 Å². The molecule has 2 rings (SSSR count). The molecule has 0 saturated heterocycles. The first-order valence-corrected chi connectivity index (χ1v) is 6.27. The van der Waals surface area contributed by atoms with E-state index in [1.54, 1.807) is 0 Å². The Balaban J connectivity index is 2.18. The number of hydrogen-bond acceptors (Lipinski definition) is 4. The van der Waals surface area contributed by atoms with Crippen LogP contribution in [0.1, 0.15) is 43.6 Å². The molecule has 1 atom stereocenters. The minimum Gasteiger partial charge on any atom is -0.476 e. The predicted molar refractivity (Wildman–Crippen MR) is 68.7 cm³/mol. The Labute approximate surface area is 111 Å². The fourth-order valence-electron chi connectivity index (χ4n) is 2.60. The summed E-state index contributed by atoms with van der Waals surface area (Å²) in [5, 5.41) is 11.6. The van der Waals surface area contributed by atoms with E-state index in [2.05, 4.69) is 29.1 Å². The maximum Gasteiger partial charge on any atom is 0.358 e. The molecular formula is C13H17N3O3. The van der Waals surface area contributed by atoms with Crippen molar-refractivity contribution in [3.63, 3.8) is 0 Å². The number of aromatic nitrogens is 2. The van der Waals surface area contributed by atoms with E-state index in [-0.39, 0.29) is 28.8 Å². The monoisotopic (exact) mass is 263 g/mol. The molecule has 0 bridgehead atoms. The standard InChI is InChI=1S/C13H17N3O3/c1-13(2)5-3-4-8(13)11(17)16-10-9(12(18)19)14-6-7-15-10/h6-8H,3-5H2,1-2H3,(H,18,19)(H,15,16,17). The van der Waals surface area contributed by atoms with Gasteiger partial charge in [0.15, 0.2) is 11.5 Å². The van der Waals surface area contributed by atoms with Gasteiger partial charge in [0.2, 0.25) is 5.91 Å². The molecule has 1 heterocycles. The zero-order valence-corrected chi connectivity index (χ0v) is 11.0. The molecule has 1 saturated carbocycles. The van der Waals surface area contributed by atoms with Gasteiger partial charge in [0, 0.05) is 18.3 Å². The summed E-state index contributed by atoms with van der Waals surface area (Å²) in [5.41, 5.74) is -0.290. The van der Waals surface area contributed by atoms with Crippen LogP contribution in [-0.2, 0) is 4.79 Å². The number of carboxylic acids is 1. The lowest BCUT2D eigenvalue weighted by Crippen LogP contribution is -2.31. The average molecular weight is 263 g/mol. The maximum atomic E-state index is 12.2. The lowest BCUT2D eigenvalue weighted by atomic mass is 9.81. The molecular weight excluding hydrogens is 246 g/mol. The Morgan fingerprint density at radius 3 is 2.63 bits per heavy atom. The first-order valence-electron chi connectivity index (χ1n) is 6.27. The molecule has 1 aliphatic carbocycles. The van der Waals surface area contributed by atoms with Crippen LogP contribution in [0.3, 0.4) is 0 Å². The normalized spacial score (nSPS) is 21.1. The largest absolute Gasteiger partial charge is 0.476 e. The van der Waals surface area contributed by atoms with Crippen LogP contribution >= 0.6 is 0 Å². The van der Waals surface area contributed by atoms with Crippen molar-refractivity contribution in [2.75, 3.05) is 5.32 Å². The summed E-state index contributed by atoms with van der Waals surface area (Å²) in [7, 11) is 0. The third-order valence-corrected chi connectivity index (χ3v) is 3.72. The molecule has 0 aromatic carbocycles. The van der Waals surface area contributed by atoms with Crippen molar-refractivity contribution in [3.05, 3.63) is 18.1 Å². The Kier molecular flexibility index (Phi) is 3.50. The number of aromatic carboxylic acids is 1. The summed E-state index contributed by atoms with van der Waals surface area (Å²) in [6.07, 6.45) is 5.48. The van der Waals surface area contributed by atoms with E-state index in [4.69, 9.17) is 5.11 Å². The van der Waals surface area contributed by atoms with Crippen LogP contribution in [0, 0.1) is 11.3 Å². The van der Waals surface area contributed by atoms with Gasteiger partial charge in [-0.1, -0.05) is 20.3 Å². The molecule has 6 nitrogen and oxygen atoms in total. The van der Waals surface area contributed by atoms with Gasteiger partial charge < -0.3 is 10.4 Å². The lowest BCUT2D eigenvalue weighted by molar-refractivity contribution is -0.122. The van der Waals surface area contributed by atoms with Gasteiger partial charge in [0.05, 0.1) is 0 Å². The summed E-state index contributed by atoms with van der Waals surface area (Å²) in [4.78, 5) is 30.8. The minimum atomic E-state index is -1.20. The van der Waals surface area contributed by atoms with Gasteiger partial charge >= 0.3 is 5.97 Å². The number of carbonyl (C=O) groups is 2. The van der Waals surface area contributed by atoms with E-state index in [1.165, 1.54) is 12.4 Å². The molecule has 102 valence electrons. The average Bonchev–Trinajstić information content (AvgIpc) is 2.69. The Morgan fingerprint density at radius 2 is 2.05 bits per heavy atom. The summed E-state index contributed by atoms with van der Waals surface area (Å²) >= 11 is 0. The van der Waals surface area contributed by atoms with Crippen LogP contribution in [0.15, 0.2) is 12.4 Å². The van der Waals surface area contributed by atoms with Crippen LogP contribution in [0.4, 0.5) is 5.82 Å². The van der Waals surface area contributed by atoms with Crippen LogP contribution in [0.25, 0.3) is 0 Å². The van der Waals surface area contributed by atoms with Crippen LogP contribution in [-0.4, -0.2) is 27.0 Å². The SMILES string of the molecule is CC1(C)CCCC1C(=O)Nc1nccnc1C(=O)O. The second-order valence-electron chi connectivity index (χ2n) is 5.48. The lowest BCUT2D eigenvalue weighted by Gasteiger charge is -2.25. The number of hydrogen-bond donors (Lipinski definition) is 2. The zero-order chi connectivity index (χ0) is 14.0. The number of amides is 1. The number of carbonyl (C=O) groups excluding carboxylic acids is 1. The number of nitrogens with zero attached hydrogens (tertiary/aromatic N) is 2. The van der Waals surface area contributed by atoms with Crippen molar-refractivity contribution < 1.29 is 14.7 Å². The summed E-state index contributed by atoms with van der Waals surface area (Å²) in [5.74, 6) is -1.47. The third-order valence-electron chi connectivity index (χ3n) is 3.72. The van der Waals surface area contributed by atoms with E-state index in [9.17, 15) is 9.59 Å². The van der Waals surface area contributed by atoms with Crippen molar-refractivity contribution in [1.82, 2.24) is 9.97 Å². The van der Waals surface area contributed by atoms with Gasteiger partial charge in [0.25, 0.3) is 0 Å². The fraction of sp³-hybridized carbons (Fsp3) is 0.538. The van der Waals surface area contributed by atoms with Crippen molar-refractivity contribution in [2.24, 2.45) is 11.3 Å². The molecule has 1 aromatic rings. The molecule has 1 unspecified atom stereocenters. The van der Waals surface area contributed by atoms with E-state index in [0.29, 0.717) is 0 Å². The van der Waals surface area contributed by atoms with Gasteiger partial charge in [-0.25, -0.2) is 14.8 Å². The molecule has 0 radical (unpaired) electrons. The molecule has 6 heteroatoms. The van der Waals surface area contributed by atoms with Crippen molar-refractivity contribution in [3.8, 4) is 0 Å². The number of rotatable bonds is 3. The Hall–Kier alpha value is -1.98. The first-order chi connectivity index (χ1) is 8.92. The van der Waals surface area contributed by atoms with Crippen molar-refractivity contribution in [1.29, 1.82) is 0 Å². The highest BCUT2D eigenvalue weighted by molar-refractivity contribution is 5.98. The van der Waals surface area contributed by atoms with Crippen LogP contribution < -0.4 is 5.32 Å². The second kappa shape index (κ2) is 4.95. The third kappa shape index (κ3) is 2.72. The molecule has 1 aromatic heterocycles. The highest BCUT2D eigenvalue weighted by Crippen LogP contribution is 2.42. The number of carboxylic acid groups (broad SMARTS) is 1. The molecule has 1 fully saturated rings. The van der Waals surface area contributed by atoms with Gasteiger partial charge in [-0.2, -0.15) is 0 Å². The van der Waals surface area contributed by atoms with Crippen molar-refractivity contribution >= 4 is 17.7 Å². The summed E-state index contributed by atoms with van der Waals surface area (Å²) in [6.45, 7) is 4.11. The van der Waals surface area contributed by atoms with Gasteiger partial charge in [-0.15, -0.1) is 0 Å². The summed E-state index contributed by atoms with van der Waals surface area (Å²) in [6, 6.07) is 0. The Bertz CT molecular complexity index is 514. The van der Waals surface area contributed by atoms with Gasteiger partial charge in [-0.3, -0.25) is 4.79 Å². The smallest absolute Gasteiger partial charge is 0.358 e. The number of nitrogens with one attached hydrogen (secondary N) is 1. The predicted octanol–water partition coefficient (Wildman–Crippen LogP) is 1.94. The second-order valence-corrected chi connectivity index (χ2v) is 5.48. The maximum absolute atomic E-state index is 12.2.